The second-order valence-corrected chi connectivity index (χ2v) is 7.90. The molecule has 0 spiro atoms. The fourth-order valence-corrected chi connectivity index (χ4v) is 2.74. The smallest absolute Gasteiger partial charge is 0.300 e. The van der Waals surface area contributed by atoms with Crippen molar-refractivity contribution < 1.29 is 43.5 Å². The molecule has 0 aliphatic heterocycles. The molecule has 2 rings (SSSR count). The number of carbonyl (C=O) groups excluding carboxylic acids is 3. The topological polar surface area (TPSA) is 161 Å². The number of aliphatic hydroxyl groups is 2. The summed E-state index contributed by atoms with van der Waals surface area (Å²) in [5.41, 5.74) is 1.41. The van der Waals surface area contributed by atoms with Gasteiger partial charge in [-0.2, -0.15) is 0 Å². The van der Waals surface area contributed by atoms with Crippen molar-refractivity contribution in [3.05, 3.63) is 88.2 Å². The van der Waals surface area contributed by atoms with E-state index in [2.05, 4.69) is 20.3 Å². The Morgan fingerprint density at radius 3 is 1.68 bits per heavy atom. The van der Waals surface area contributed by atoms with Crippen LogP contribution in [0.5, 0.6) is 11.5 Å². The summed E-state index contributed by atoms with van der Waals surface area (Å²) in [6.45, 7) is 15.1. The first-order valence-corrected chi connectivity index (χ1v) is 13.0. The molecule has 0 aromatic heterocycles. The lowest BCUT2D eigenvalue weighted by Gasteiger charge is -2.05. The zero-order valence-electron chi connectivity index (χ0n) is 24.3. The summed E-state index contributed by atoms with van der Waals surface area (Å²) in [4.78, 5) is 38.8. The molecule has 0 radical (unpaired) electrons. The molecule has 0 heterocycles. The van der Waals surface area contributed by atoms with E-state index in [0.717, 1.165) is 17.6 Å². The van der Waals surface area contributed by atoms with Crippen molar-refractivity contribution in [3.8, 4) is 11.5 Å². The molecule has 0 bridgehead atoms. The normalized spacial score (nSPS) is 9.64. The highest BCUT2D eigenvalue weighted by Crippen LogP contribution is 2.14. The third-order valence-corrected chi connectivity index (χ3v) is 4.82. The van der Waals surface area contributed by atoms with Crippen molar-refractivity contribution in [1.29, 1.82) is 0 Å². The molecule has 2 amide bonds. The number of benzene rings is 2. The van der Waals surface area contributed by atoms with Crippen molar-refractivity contribution in [2.45, 2.75) is 7.43 Å². The molecule has 44 heavy (non-hydrogen) atoms. The number of carbonyl (C=O) groups is 3. The van der Waals surface area contributed by atoms with E-state index in [-0.39, 0.29) is 58.5 Å². The Balaban J connectivity index is 0. The summed E-state index contributed by atoms with van der Waals surface area (Å²) in [5.74, 6) is 0.735. The number of aliphatic hydroxyl groups excluding tert-OH is 2. The number of ether oxygens (including phenoxy) is 4. The largest absolute Gasteiger partial charge is 0.497 e. The van der Waals surface area contributed by atoms with Crippen molar-refractivity contribution >= 4 is 24.2 Å². The molecule has 240 valence electrons. The maximum atomic E-state index is 11.8. The minimum absolute atomic E-state index is 0. The summed E-state index contributed by atoms with van der Waals surface area (Å²) in [5, 5.41) is 21.9. The van der Waals surface area contributed by atoms with Gasteiger partial charge >= 0.3 is 0 Å². The predicted molar refractivity (Wildman–Crippen MR) is 166 cm³/mol. The summed E-state index contributed by atoms with van der Waals surface area (Å²) in [7, 11) is 3.16. The number of hydrogen-bond donors (Lipinski definition) is 4. The van der Waals surface area contributed by atoms with Crippen LogP contribution in [-0.4, -0.2) is 102 Å². The summed E-state index contributed by atoms with van der Waals surface area (Å²) in [6, 6.07) is 14.0. The van der Waals surface area contributed by atoms with Crippen LogP contribution in [0.3, 0.4) is 0 Å². The molecule has 2 aromatic carbocycles. The molecule has 0 aliphatic rings. The highest BCUT2D eigenvalue weighted by molar-refractivity contribution is 5.99. The number of rotatable bonds is 16. The van der Waals surface area contributed by atoms with Crippen LogP contribution < -0.4 is 20.1 Å². The second kappa shape index (κ2) is 28.3. The van der Waals surface area contributed by atoms with Crippen LogP contribution in [-0.2, 0) is 19.1 Å². The first kappa shape index (κ1) is 41.3. The third-order valence-electron chi connectivity index (χ3n) is 4.82. The molecular formula is C31H42N4O9. The fraction of sp³-hybridized carbons (Fsp3) is 0.387. The average molecular weight is 615 g/mol. The predicted octanol–water partition coefficient (Wildman–Crippen LogP) is 2.26. The number of hydrogen-bond acceptors (Lipinski definition) is 9. The van der Waals surface area contributed by atoms with Crippen LogP contribution in [0.1, 0.15) is 23.3 Å². The van der Waals surface area contributed by atoms with Crippen LogP contribution in [0, 0.1) is 13.1 Å². The monoisotopic (exact) mass is 614 g/mol. The Hall–Kier alpha value is -4.79. The van der Waals surface area contributed by atoms with Crippen LogP contribution in [0.15, 0.2) is 54.2 Å². The maximum Gasteiger partial charge on any atom is 0.300 e. The number of methoxy groups -OCH3 is 2. The van der Waals surface area contributed by atoms with Gasteiger partial charge in [-0.05, 0) is 48.0 Å². The molecule has 0 fully saturated rings. The number of amides is 2. The molecule has 0 unspecified atom stereocenters. The van der Waals surface area contributed by atoms with E-state index in [1.54, 1.807) is 62.8 Å². The van der Waals surface area contributed by atoms with Gasteiger partial charge in [-0.15, -0.1) is 0 Å². The highest BCUT2D eigenvalue weighted by atomic mass is 16.5. The molecule has 0 atom stereocenters. The standard InChI is InChI=1S/C15H18N2O4.C8H8O2.C7H12N2O3.CH4/c1-16-14(15(19)17-7-9-21-10-8-18)11-12-3-5-13(20-2)6-4-12;1-10-8-4-2-7(6-9)3-5-8;1-8-6-7(11)9-2-4-12-5-3-10;/h3-6,11,18H,7-10H2,2H3,(H,17,19);2-6H,1H3;10H,2-6H2,(H,9,11);1H4/b14-11-;;;. The Bertz CT molecular complexity index is 1170. The van der Waals surface area contributed by atoms with Gasteiger partial charge in [0.1, 0.15) is 17.8 Å². The van der Waals surface area contributed by atoms with Gasteiger partial charge in [0.2, 0.25) is 5.91 Å². The van der Waals surface area contributed by atoms with E-state index < -0.39 is 5.91 Å². The van der Waals surface area contributed by atoms with Gasteiger partial charge in [-0.3, -0.25) is 14.4 Å². The lowest BCUT2D eigenvalue weighted by molar-refractivity contribution is -0.119. The van der Waals surface area contributed by atoms with Gasteiger partial charge in [0.25, 0.3) is 18.1 Å². The molecule has 13 heteroatoms. The Kier molecular flexibility index (Phi) is 26.6. The summed E-state index contributed by atoms with van der Waals surface area (Å²) < 4.78 is 19.8. The van der Waals surface area contributed by atoms with Crippen molar-refractivity contribution in [3.63, 3.8) is 0 Å². The van der Waals surface area contributed by atoms with Crippen LogP contribution in [0.4, 0.5) is 0 Å². The zero-order valence-corrected chi connectivity index (χ0v) is 24.3. The van der Waals surface area contributed by atoms with Gasteiger partial charge in [0.15, 0.2) is 0 Å². The minimum Gasteiger partial charge on any atom is -0.497 e. The van der Waals surface area contributed by atoms with Gasteiger partial charge in [0.05, 0.1) is 60.4 Å². The highest BCUT2D eigenvalue weighted by Gasteiger charge is 2.09. The van der Waals surface area contributed by atoms with Gasteiger partial charge < -0.3 is 44.6 Å². The fourth-order valence-electron chi connectivity index (χ4n) is 2.74. The SMILES string of the molecule is C.COc1ccc(C=O)cc1.[C-]#[N+]/C(=C\c1ccc(OC)cc1)C(=O)NCCOCCO.[C-]#[N+]CC(=O)NCCOCCO. The Morgan fingerprint density at radius 2 is 1.27 bits per heavy atom. The zero-order chi connectivity index (χ0) is 32.1. The molecule has 0 aliphatic carbocycles. The molecule has 4 N–H and O–H groups in total. The lowest BCUT2D eigenvalue weighted by Crippen LogP contribution is -2.28. The molecule has 13 nitrogen and oxygen atoms in total. The number of nitrogens with one attached hydrogen (secondary N) is 2. The summed E-state index contributed by atoms with van der Waals surface area (Å²) >= 11 is 0. The van der Waals surface area contributed by atoms with Gasteiger partial charge in [-0.25, -0.2) is 11.4 Å². The molecule has 0 saturated carbocycles. The first-order chi connectivity index (χ1) is 20.9. The molecular weight excluding hydrogens is 572 g/mol. The molecule has 2 aromatic rings. The number of nitrogens with zero attached hydrogens (tertiary/aromatic N) is 2. The Labute approximate surface area is 259 Å². The van der Waals surface area contributed by atoms with E-state index in [0.29, 0.717) is 31.1 Å². The maximum absolute atomic E-state index is 11.8. The van der Waals surface area contributed by atoms with E-state index in [9.17, 15) is 14.4 Å². The average Bonchev–Trinajstić information content (AvgIpc) is 3.04. The third kappa shape index (κ3) is 21.0. The van der Waals surface area contributed by atoms with Crippen LogP contribution in [0.25, 0.3) is 15.8 Å². The second-order valence-electron chi connectivity index (χ2n) is 7.90. The van der Waals surface area contributed by atoms with E-state index in [1.165, 1.54) is 6.08 Å². The van der Waals surface area contributed by atoms with Crippen molar-refractivity contribution in [2.24, 2.45) is 0 Å². The minimum atomic E-state index is -0.451. The van der Waals surface area contributed by atoms with Crippen molar-refractivity contribution in [2.75, 3.05) is 73.5 Å². The first-order valence-electron chi connectivity index (χ1n) is 13.0. The lowest BCUT2D eigenvalue weighted by atomic mass is 10.2. The van der Waals surface area contributed by atoms with Gasteiger partial charge in [-0.1, -0.05) is 19.6 Å². The van der Waals surface area contributed by atoms with E-state index >= 15 is 0 Å². The Morgan fingerprint density at radius 1 is 0.795 bits per heavy atom. The quantitative estimate of drug-likeness (QED) is 0.0962. The van der Waals surface area contributed by atoms with E-state index in [1.807, 2.05) is 0 Å². The summed E-state index contributed by atoms with van der Waals surface area (Å²) in [6.07, 6.45) is 2.32. The number of aldehydes is 1. The van der Waals surface area contributed by atoms with E-state index in [4.69, 9.17) is 42.3 Å². The van der Waals surface area contributed by atoms with Crippen LogP contribution >= 0.6 is 0 Å². The van der Waals surface area contributed by atoms with Crippen LogP contribution in [0.2, 0.25) is 0 Å². The van der Waals surface area contributed by atoms with Gasteiger partial charge in [0, 0.05) is 18.7 Å². The van der Waals surface area contributed by atoms with Crippen molar-refractivity contribution in [1.82, 2.24) is 10.6 Å². The molecule has 0 saturated heterocycles.